The highest BCUT2D eigenvalue weighted by Crippen LogP contribution is 2.24. The topological polar surface area (TPSA) is 0 Å². The standard InChI is InChI=1S/C33H67/c1-4-7-10-12-14-16-17-18-19-20-21-23-25-27-29-32-33(30-9-6-3)31-28-26-24-22-15-13-11-8-5-2/h33H,3-32H2,1-2H3. The Hall–Kier alpha value is 0. The molecule has 0 fully saturated rings. The van der Waals surface area contributed by atoms with Gasteiger partial charge >= 0.3 is 0 Å². The van der Waals surface area contributed by atoms with Crippen LogP contribution < -0.4 is 0 Å². The van der Waals surface area contributed by atoms with Crippen molar-refractivity contribution in [2.75, 3.05) is 0 Å². The highest BCUT2D eigenvalue weighted by Gasteiger charge is 2.08. The summed E-state index contributed by atoms with van der Waals surface area (Å²) in [4.78, 5) is 0. The molecular weight excluding hydrogens is 396 g/mol. The third-order valence-electron chi connectivity index (χ3n) is 7.79. The average Bonchev–Trinajstić information content (AvgIpc) is 2.83. The molecule has 1 unspecified atom stereocenters. The molecule has 0 heterocycles. The Balaban J connectivity index is 3.46. The maximum Gasteiger partial charge on any atom is -0.0414 e. The molecule has 0 aromatic rings. The van der Waals surface area contributed by atoms with E-state index in [1.54, 1.807) is 0 Å². The first-order valence-corrected chi connectivity index (χ1v) is 16.1. The van der Waals surface area contributed by atoms with E-state index in [1.807, 2.05) is 0 Å². The van der Waals surface area contributed by atoms with Gasteiger partial charge in [0, 0.05) is 0 Å². The molecule has 0 saturated heterocycles. The second kappa shape index (κ2) is 30.0. The van der Waals surface area contributed by atoms with Crippen molar-refractivity contribution in [1.82, 2.24) is 0 Å². The second-order valence-corrected chi connectivity index (χ2v) is 11.2. The smallest absolute Gasteiger partial charge is 0.0414 e. The molecule has 33 heavy (non-hydrogen) atoms. The van der Waals surface area contributed by atoms with E-state index in [0.29, 0.717) is 0 Å². The van der Waals surface area contributed by atoms with E-state index in [9.17, 15) is 0 Å². The highest BCUT2D eigenvalue weighted by molar-refractivity contribution is 4.62. The quantitative estimate of drug-likeness (QED) is 0.0967. The minimum atomic E-state index is 0.998. The van der Waals surface area contributed by atoms with Crippen LogP contribution in [0.4, 0.5) is 0 Å². The van der Waals surface area contributed by atoms with Crippen molar-refractivity contribution < 1.29 is 0 Å². The Morgan fingerprint density at radius 2 is 0.576 bits per heavy atom. The molecule has 1 atom stereocenters. The first kappa shape index (κ1) is 33.0. The fraction of sp³-hybridized carbons (Fsp3) is 0.970. The van der Waals surface area contributed by atoms with Crippen LogP contribution in [-0.4, -0.2) is 0 Å². The van der Waals surface area contributed by atoms with Gasteiger partial charge in [0.25, 0.3) is 0 Å². The van der Waals surface area contributed by atoms with Gasteiger partial charge < -0.3 is 0 Å². The van der Waals surface area contributed by atoms with Gasteiger partial charge in [0.1, 0.15) is 0 Å². The van der Waals surface area contributed by atoms with Crippen LogP contribution in [0.2, 0.25) is 0 Å². The predicted molar refractivity (Wildman–Crippen MR) is 154 cm³/mol. The van der Waals surface area contributed by atoms with Crippen molar-refractivity contribution in [2.24, 2.45) is 5.92 Å². The first-order chi connectivity index (χ1) is 16.3. The third-order valence-corrected chi connectivity index (χ3v) is 7.79. The number of unbranched alkanes of at least 4 members (excludes halogenated alkanes) is 23. The lowest BCUT2D eigenvalue weighted by molar-refractivity contribution is 0.372. The van der Waals surface area contributed by atoms with E-state index < -0.39 is 0 Å². The maximum atomic E-state index is 4.09. The minimum absolute atomic E-state index is 0.998. The van der Waals surface area contributed by atoms with E-state index >= 15 is 0 Å². The van der Waals surface area contributed by atoms with E-state index in [-0.39, 0.29) is 0 Å². The van der Waals surface area contributed by atoms with Crippen LogP contribution in [0.25, 0.3) is 0 Å². The SMILES string of the molecule is [CH2]CCCC(CCCCCCCCCCC)CCCCCCCCCCCCCCCCC. The summed E-state index contributed by atoms with van der Waals surface area (Å²) in [7, 11) is 0. The molecule has 0 aromatic heterocycles. The van der Waals surface area contributed by atoms with E-state index in [4.69, 9.17) is 0 Å². The normalized spacial score (nSPS) is 12.5. The molecule has 0 nitrogen and oxygen atoms in total. The van der Waals surface area contributed by atoms with Crippen LogP contribution in [0, 0.1) is 12.8 Å². The fourth-order valence-corrected chi connectivity index (χ4v) is 5.41. The molecule has 0 aliphatic carbocycles. The number of rotatable bonds is 29. The van der Waals surface area contributed by atoms with Gasteiger partial charge in [-0.2, -0.15) is 0 Å². The van der Waals surface area contributed by atoms with E-state index in [2.05, 4.69) is 20.8 Å². The Labute approximate surface area is 212 Å². The summed E-state index contributed by atoms with van der Waals surface area (Å²) >= 11 is 0. The molecular formula is C33H67. The van der Waals surface area contributed by atoms with Crippen molar-refractivity contribution in [3.05, 3.63) is 6.92 Å². The lowest BCUT2D eigenvalue weighted by atomic mass is 9.90. The Morgan fingerprint density at radius 1 is 0.333 bits per heavy atom. The summed E-state index contributed by atoms with van der Waals surface area (Å²) in [6.45, 7) is 8.70. The Kier molecular flexibility index (Phi) is 30.0. The van der Waals surface area contributed by atoms with Gasteiger partial charge in [-0.1, -0.05) is 207 Å². The first-order valence-electron chi connectivity index (χ1n) is 16.1. The zero-order valence-corrected chi connectivity index (χ0v) is 23.8. The molecule has 0 aromatic carbocycles. The fourth-order valence-electron chi connectivity index (χ4n) is 5.41. The monoisotopic (exact) mass is 464 g/mol. The van der Waals surface area contributed by atoms with E-state index in [0.717, 1.165) is 12.3 Å². The summed E-state index contributed by atoms with van der Waals surface area (Å²) < 4.78 is 0. The van der Waals surface area contributed by atoms with E-state index in [1.165, 1.54) is 180 Å². The van der Waals surface area contributed by atoms with Gasteiger partial charge in [-0.3, -0.25) is 0 Å². The van der Waals surface area contributed by atoms with Gasteiger partial charge in [0.15, 0.2) is 0 Å². The molecule has 0 N–H and O–H groups in total. The average molecular weight is 464 g/mol. The van der Waals surface area contributed by atoms with Crippen LogP contribution >= 0.6 is 0 Å². The number of hydrogen-bond acceptors (Lipinski definition) is 0. The van der Waals surface area contributed by atoms with Crippen molar-refractivity contribution >= 4 is 0 Å². The molecule has 0 bridgehead atoms. The predicted octanol–water partition coefficient (Wildman–Crippen LogP) is 12.8. The summed E-state index contributed by atoms with van der Waals surface area (Å²) in [6.07, 6.45) is 42.1. The van der Waals surface area contributed by atoms with Crippen molar-refractivity contribution in [3.8, 4) is 0 Å². The van der Waals surface area contributed by atoms with Crippen LogP contribution in [0.15, 0.2) is 0 Å². The zero-order valence-electron chi connectivity index (χ0n) is 23.8. The molecule has 0 amide bonds. The highest BCUT2D eigenvalue weighted by atomic mass is 14.1. The summed E-state index contributed by atoms with van der Waals surface area (Å²) in [5, 5.41) is 0. The van der Waals surface area contributed by atoms with Crippen molar-refractivity contribution in [3.63, 3.8) is 0 Å². The van der Waals surface area contributed by atoms with Gasteiger partial charge in [-0.05, 0) is 5.92 Å². The van der Waals surface area contributed by atoms with Crippen LogP contribution in [0.3, 0.4) is 0 Å². The van der Waals surface area contributed by atoms with Crippen molar-refractivity contribution in [2.45, 2.75) is 200 Å². The molecule has 1 radical (unpaired) electrons. The second-order valence-electron chi connectivity index (χ2n) is 11.2. The van der Waals surface area contributed by atoms with Gasteiger partial charge in [-0.25, -0.2) is 0 Å². The number of hydrogen-bond donors (Lipinski definition) is 0. The minimum Gasteiger partial charge on any atom is -0.0654 e. The molecule has 199 valence electrons. The van der Waals surface area contributed by atoms with Gasteiger partial charge in [0.05, 0.1) is 0 Å². The third kappa shape index (κ3) is 28.1. The molecule has 0 aliphatic rings. The van der Waals surface area contributed by atoms with Gasteiger partial charge in [0.2, 0.25) is 0 Å². The zero-order chi connectivity index (χ0) is 24.1. The Morgan fingerprint density at radius 3 is 0.848 bits per heavy atom. The lowest BCUT2D eigenvalue weighted by Gasteiger charge is -2.16. The Bertz CT molecular complexity index is 320. The maximum absolute atomic E-state index is 4.09. The van der Waals surface area contributed by atoms with Gasteiger partial charge in [-0.15, -0.1) is 0 Å². The summed E-state index contributed by atoms with van der Waals surface area (Å²) in [5.41, 5.74) is 0. The molecule has 0 rings (SSSR count). The summed E-state index contributed by atoms with van der Waals surface area (Å²) in [6, 6.07) is 0. The van der Waals surface area contributed by atoms with Crippen LogP contribution in [0.5, 0.6) is 0 Å². The van der Waals surface area contributed by atoms with Crippen LogP contribution in [0.1, 0.15) is 200 Å². The molecule has 0 aliphatic heterocycles. The molecule has 0 spiro atoms. The largest absolute Gasteiger partial charge is 0.0654 e. The van der Waals surface area contributed by atoms with Crippen LogP contribution in [-0.2, 0) is 0 Å². The van der Waals surface area contributed by atoms with Crippen molar-refractivity contribution in [1.29, 1.82) is 0 Å². The lowest BCUT2D eigenvalue weighted by Crippen LogP contribution is -2.01. The molecule has 0 saturated carbocycles. The molecule has 0 heteroatoms. The summed E-state index contributed by atoms with van der Waals surface area (Å²) in [5.74, 6) is 0.998.